The lowest BCUT2D eigenvalue weighted by atomic mass is 10.2. The summed E-state index contributed by atoms with van der Waals surface area (Å²) < 4.78 is 0. The Labute approximate surface area is 98.5 Å². The fourth-order valence-corrected chi connectivity index (χ4v) is 1.88. The second kappa shape index (κ2) is 4.03. The van der Waals surface area contributed by atoms with Gasteiger partial charge in [0.1, 0.15) is 17.9 Å². The Kier molecular flexibility index (Phi) is 2.38. The minimum Gasteiger partial charge on any atom is -0.508 e. The quantitative estimate of drug-likeness (QED) is 0.680. The highest BCUT2D eigenvalue weighted by molar-refractivity contribution is 5.61. The van der Waals surface area contributed by atoms with Gasteiger partial charge in [-0.1, -0.05) is 0 Å². The molecule has 0 amide bonds. The smallest absolute Gasteiger partial charge is 0.138 e. The molecular formula is C12H12N4O. The first kappa shape index (κ1) is 10.0. The van der Waals surface area contributed by atoms with Crippen molar-refractivity contribution in [2.75, 3.05) is 5.32 Å². The van der Waals surface area contributed by atoms with Gasteiger partial charge in [-0.15, -0.1) is 0 Å². The largest absolute Gasteiger partial charge is 0.508 e. The van der Waals surface area contributed by atoms with Gasteiger partial charge in [0.25, 0.3) is 0 Å². The van der Waals surface area contributed by atoms with Gasteiger partial charge < -0.3 is 15.7 Å². The van der Waals surface area contributed by atoms with Crippen molar-refractivity contribution in [1.29, 1.82) is 0 Å². The van der Waals surface area contributed by atoms with Crippen molar-refractivity contribution in [3.05, 3.63) is 41.9 Å². The molecule has 2 heterocycles. The van der Waals surface area contributed by atoms with Crippen molar-refractivity contribution < 1.29 is 5.11 Å². The van der Waals surface area contributed by atoms with E-state index in [4.69, 9.17) is 0 Å². The Morgan fingerprint density at radius 2 is 1.94 bits per heavy atom. The monoisotopic (exact) mass is 228 g/mol. The number of phenols is 1. The molecule has 1 aromatic heterocycles. The normalized spacial score (nSPS) is 13.4. The van der Waals surface area contributed by atoms with Crippen LogP contribution in [0.5, 0.6) is 5.75 Å². The molecule has 0 radical (unpaired) electrons. The third-order valence-corrected chi connectivity index (χ3v) is 2.76. The number of anilines is 2. The molecule has 2 aromatic rings. The zero-order valence-corrected chi connectivity index (χ0v) is 9.14. The molecule has 5 nitrogen and oxygen atoms in total. The van der Waals surface area contributed by atoms with Crippen molar-refractivity contribution >= 4 is 11.5 Å². The molecule has 0 unspecified atom stereocenters. The van der Waals surface area contributed by atoms with Crippen molar-refractivity contribution in [3.8, 4) is 5.75 Å². The molecule has 0 saturated carbocycles. The highest BCUT2D eigenvalue weighted by Crippen LogP contribution is 2.24. The molecule has 0 spiro atoms. The predicted molar refractivity (Wildman–Crippen MR) is 64.0 cm³/mol. The molecule has 3 N–H and O–H groups in total. The fourth-order valence-electron chi connectivity index (χ4n) is 1.88. The topological polar surface area (TPSA) is 70.1 Å². The lowest BCUT2D eigenvalue weighted by Crippen LogP contribution is -2.02. The van der Waals surface area contributed by atoms with Crippen LogP contribution < -0.4 is 10.6 Å². The zero-order chi connectivity index (χ0) is 11.7. The Hall–Kier alpha value is -2.14. The number of nitrogens with zero attached hydrogens (tertiary/aromatic N) is 2. The van der Waals surface area contributed by atoms with Crippen LogP contribution in [0.2, 0.25) is 0 Å². The van der Waals surface area contributed by atoms with Gasteiger partial charge in [-0.25, -0.2) is 9.97 Å². The molecule has 0 bridgehead atoms. The third-order valence-electron chi connectivity index (χ3n) is 2.76. The Morgan fingerprint density at radius 1 is 1.12 bits per heavy atom. The maximum atomic E-state index is 9.21. The first-order valence-electron chi connectivity index (χ1n) is 5.42. The van der Waals surface area contributed by atoms with E-state index in [9.17, 15) is 5.11 Å². The van der Waals surface area contributed by atoms with Crippen LogP contribution in [0.3, 0.4) is 0 Å². The summed E-state index contributed by atoms with van der Waals surface area (Å²) in [5, 5.41) is 15.7. The number of fused-ring (bicyclic) bond motifs is 1. The molecular weight excluding hydrogens is 216 g/mol. The molecule has 0 fully saturated rings. The van der Waals surface area contributed by atoms with Crippen LogP contribution in [-0.2, 0) is 13.1 Å². The first-order chi connectivity index (χ1) is 8.33. The Morgan fingerprint density at radius 3 is 2.76 bits per heavy atom. The van der Waals surface area contributed by atoms with Crippen LogP contribution >= 0.6 is 0 Å². The summed E-state index contributed by atoms with van der Waals surface area (Å²) in [4.78, 5) is 8.47. The van der Waals surface area contributed by atoms with E-state index in [1.54, 1.807) is 18.5 Å². The van der Waals surface area contributed by atoms with E-state index in [1.807, 2.05) is 12.1 Å². The van der Waals surface area contributed by atoms with E-state index < -0.39 is 0 Å². The lowest BCUT2D eigenvalue weighted by Gasteiger charge is -2.08. The van der Waals surface area contributed by atoms with E-state index in [-0.39, 0.29) is 5.75 Å². The molecule has 17 heavy (non-hydrogen) atoms. The fraction of sp³-hybridized carbons (Fsp3) is 0.167. The summed E-state index contributed by atoms with van der Waals surface area (Å²) >= 11 is 0. The van der Waals surface area contributed by atoms with E-state index in [1.165, 1.54) is 0 Å². The van der Waals surface area contributed by atoms with Crippen molar-refractivity contribution in [2.45, 2.75) is 13.1 Å². The summed E-state index contributed by atoms with van der Waals surface area (Å²) in [6.07, 6.45) is 1.56. The van der Waals surface area contributed by atoms with Crippen LogP contribution in [0.4, 0.5) is 11.5 Å². The number of nitrogens with one attached hydrogen (secondary N) is 2. The summed E-state index contributed by atoms with van der Waals surface area (Å²) in [7, 11) is 0. The van der Waals surface area contributed by atoms with E-state index >= 15 is 0 Å². The van der Waals surface area contributed by atoms with Gasteiger partial charge >= 0.3 is 0 Å². The molecule has 1 aliphatic rings. The van der Waals surface area contributed by atoms with Crippen LogP contribution in [0.1, 0.15) is 11.3 Å². The molecule has 3 rings (SSSR count). The standard InChI is InChI=1S/C12H12N4O/c17-9-3-1-8(2-4-9)16-12-10-5-13-6-11(10)14-7-15-12/h1-4,7,13,17H,5-6H2,(H,14,15,16). The van der Waals surface area contributed by atoms with Crippen molar-refractivity contribution in [2.24, 2.45) is 0 Å². The second-order valence-corrected chi connectivity index (χ2v) is 3.92. The molecule has 1 aliphatic heterocycles. The number of hydrogen-bond acceptors (Lipinski definition) is 5. The summed E-state index contributed by atoms with van der Waals surface area (Å²) in [5.74, 6) is 1.08. The van der Waals surface area contributed by atoms with Crippen LogP contribution in [0, 0.1) is 0 Å². The Bertz CT molecular complexity index is 539. The maximum absolute atomic E-state index is 9.21. The zero-order valence-electron chi connectivity index (χ0n) is 9.14. The highest BCUT2D eigenvalue weighted by Gasteiger charge is 2.16. The lowest BCUT2D eigenvalue weighted by molar-refractivity contribution is 0.475. The van der Waals surface area contributed by atoms with Gasteiger partial charge in [0, 0.05) is 24.3 Å². The molecule has 5 heteroatoms. The molecule has 0 saturated heterocycles. The molecule has 86 valence electrons. The van der Waals surface area contributed by atoms with Crippen LogP contribution in [-0.4, -0.2) is 15.1 Å². The summed E-state index contributed by atoms with van der Waals surface area (Å²) in [6.45, 7) is 1.58. The Balaban J connectivity index is 1.91. The average Bonchev–Trinajstić information content (AvgIpc) is 2.81. The maximum Gasteiger partial charge on any atom is 0.138 e. The summed E-state index contributed by atoms with van der Waals surface area (Å²) in [5.41, 5.74) is 3.05. The van der Waals surface area contributed by atoms with Crippen LogP contribution in [0.15, 0.2) is 30.6 Å². The van der Waals surface area contributed by atoms with Gasteiger partial charge in [0.15, 0.2) is 0 Å². The highest BCUT2D eigenvalue weighted by atomic mass is 16.3. The predicted octanol–water partition coefficient (Wildman–Crippen LogP) is 1.53. The van der Waals surface area contributed by atoms with Crippen LogP contribution in [0.25, 0.3) is 0 Å². The minimum atomic E-state index is 0.255. The number of aromatic hydroxyl groups is 1. The SMILES string of the molecule is Oc1ccc(Nc2ncnc3c2CNC3)cc1. The van der Waals surface area contributed by atoms with Gasteiger partial charge in [0.2, 0.25) is 0 Å². The van der Waals surface area contributed by atoms with E-state index in [0.717, 1.165) is 35.9 Å². The van der Waals surface area contributed by atoms with E-state index in [0.29, 0.717) is 0 Å². The van der Waals surface area contributed by atoms with Gasteiger partial charge in [-0.2, -0.15) is 0 Å². The third kappa shape index (κ3) is 1.92. The molecule has 1 aromatic carbocycles. The van der Waals surface area contributed by atoms with Gasteiger partial charge in [-0.3, -0.25) is 0 Å². The number of hydrogen-bond donors (Lipinski definition) is 3. The summed E-state index contributed by atoms with van der Waals surface area (Å²) in [6, 6.07) is 6.91. The first-order valence-corrected chi connectivity index (χ1v) is 5.42. The average molecular weight is 228 g/mol. The number of benzene rings is 1. The van der Waals surface area contributed by atoms with E-state index in [2.05, 4.69) is 20.6 Å². The second-order valence-electron chi connectivity index (χ2n) is 3.92. The number of rotatable bonds is 2. The minimum absolute atomic E-state index is 0.255. The van der Waals surface area contributed by atoms with Crippen molar-refractivity contribution in [1.82, 2.24) is 15.3 Å². The van der Waals surface area contributed by atoms with Gasteiger partial charge in [0.05, 0.1) is 5.69 Å². The van der Waals surface area contributed by atoms with Gasteiger partial charge in [-0.05, 0) is 24.3 Å². The molecule has 0 aliphatic carbocycles. The number of aromatic nitrogens is 2. The molecule has 0 atom stereocenters. The number of phenolic OH excluding ortho intramolecular Hbond substituents is 1. The van der Waals surface area contributed by atoms with Crippen molar-refractivity contribution in [3.63, 3.8) is 0 Å².